The van der Waals surface area contributed by atoms with Gasteiger partial charge in [-0.25, -0.2) is 18.5 Å². The number of hydrogen-bond donors (Lipinski definition) is 3. The van der Waals surface area contributed by atoms with E-state index in [-0.39, 0.29) is 22.7 Å². The minimum Gasteiger partial charge on any atom is -0.385 e. The van der Waals surface area contributed by atoms with Crippen LogP contribution in [0.2, 0.25) is 0 Å². The van der Waals surface area contributed by atoms with Gasteiger partial charge in [0.15, 0.2) is 12.3 Å². The Morgan fingerprint density at radius 1 is 1.27 bits per heavy atom. The lowest BCUT2D eigenvalue weighted by Crippen LogP contribution is -2.55. The van der Waals surface area contributed by atoms with E-state index in [1.807, 2.05) is 0 Å². The van der Waals surface area contributed by atoms with Crippen molar-refractivity contribution in [2.24, 2.45) is 0 Å². The number of likely N-dealkylation sites (tertiary alicyclic amines) is 1. The second-order valence-electron chi connectivity index (χ2n) is 10.1. The van der Waals surface area contributed by atoms with Crippen molar-refractivity contribution < 1.29 is 37.4 Å². The molecule has 0 spiro atoms. The monoisotopic (exact) mass is 537 g/mol. The summed E-state index contributed by atoms with van der Waals surface area (Å²) < 4.78 is 37.2. The van der Waals surface area contributed by atoms with Crippen LogP contribution < -0.4 is 5.56 Å². The summed E-state index contributed by atoms with van der Waals surface area (Å²) in [4.78, 5) is 36.5. The number of quaternary nitrogens is 1. The molecule has 13 heteroatoms. The molecule has 5 rings (SSSR count). The van der Waals surface area contributed by atoms with Crippen molar-refractivity contribution in [3.8, 4) is 0 Å². The molecule has 3 aromatic rings. The number of piperidine rings is 1. The third kappa shape index (κ3) is 5.41. The lowest BCUT2D eigenvalue weighted by atomic mass is 9.90. The van der Waals surface area contributed by atoms with E-state index in [4.69, 9.17) is 9.05 Å². The van der Waals surface area contributed by atoms with E-state index in [0.717, 1.165) is 11.1 Å². The van der Waals surface area contributed by atoms with Gasteiger partial charge in [-0.15, -0.1) is 0 Å². The number of halogens is 1. The molecule has 1 aromatic carbocycles. The van der Waals surface area contributed by atoms with E-state index in [9.17, 15) is 28.6 Å². The Bertz CT molecular complexity index is 1410. The smallest absolute Gasteiger partial charge is 0.385 e. The van der Waals surface area contributed by atoms with E-state index in [2.05, 4.69) is 10.1 Å². The number of hydrogen-bond acceptors (Lipinski definition) is 7. The molecule has 1 saturated heterocycles. The van der Waals surface area contributed by atoms with Crippen LogP contribution in [-0.4, -0.2) is 60.4 Å². The number of benzene rings is 1. The lowest BCUT2D eigenvalue weighted by molar-refractivity contribution is -0.947. The topological polar surface area (TPSA) is 148 Å². The molecule has 1 fully saturated rings. The number of phosphoric ester groups is 1. The van der Waals surface area contributed by atoms with E-state index in [1.54, 1.807) is 13.0 Å². The van der Waals surface area contributed by atoms with Gasteiger partial charge in [-0.3, -0.25) is 9.36 Å². The Morgan fingerprint density at radius 2 is 2.03 bits per heavy atom. The summed E-state index contributed by atoms with van der Waals surface area (Å²) >= 11 is 0. The highest BCUT2D eigenvalue weighted by Crippen LogP contribution is 2.40. The summed E-state index contributed by atoms with van der Waals surface area (Å²) in [5, 5.41) is 15.2. The Labute approximate surface area is 212 Å². The maximum atomic E-state index is 13.6. The number of fused-ring (bicyclic) bond motifs is 2. The molecule has 200 valence electrons. The third-order valence-electron chi connectivity index (χ3n) is 7.74. The fraction of sp³-hybridized carbons (Fsp3) is 0.542. The molecule has 4 heterocycles. The van der Waals surface area contributed by atoms with Gasteiger partial charge in [0.05, 0.1) is 25.3 Å². The molecule has 2 aromatic heterocycles. The second kappa shape index (κ2) is 10.0. The summed E-state index contributed by atoms with van der Waals surface area (Å²) in [7, 11) is -4.70. The van der Waals surface area contributed by atoms with Gasteiger partial charge >= 0.3 is 7.82 Å². The number of aryl methyl sites for hydroxylation is 1. The zero-order valence-corrected chi connectivity index (χ0v) is 21.4. The molecular weight excluding hydrogens is 506 g/mol. The van der Waals surface area contributed by atoms with E-state index in [1.165, 1.54) is 16.7 Å². The molecule has 0 saturated carbocycles. The van der Waals surface area contributed by atoms with Crippen molar-refractivity contribution in [3.63, 3.8) is 0 Å². The van der Waals surface area contributed by atoms with Crippen molar-refractivity contribution in [2.75, 3.05) is 26.4 Å². The number of nitrogens with zero attached hydrogens (tertiary/aromatic N) is 4. The predicted octanol–water partition coefficient (Wildman–Crippen LogP) is 2.66. The van der Waals surface area contributed by atoms with Gasteiger partial charge in [-0.1, -0.05) is 5.16 Å². The van der Waals surface area contributed by atoms with E-state index >= 15 is 0 Å². The normalized spacial score (nSPS) is 24.4. The maximum Gasteiger partial charge on any atom is 0.474 e. The van der Waals surface area contributed by atoms with E-state index in [0.29, 0.717) is 80.9 Å². The van der Waals surface area contributed by atoms with Gasteiger partial charge in [0.2, 0.25) is 0 Å². The lowest BCUT2D eigenvalue weighted by Gasteiger charge is -2.43. The van der Waals surface area contributed by atoms with Gasteiger partial charge in [0.1, 0.15) is 17.7 Å². The van der Waals surface area contributed by atoms with E-state index < -0.39 is 19.7 Å². The molecule has 0 amide bonds. The second-order valence-corrected chi connectivity index (χ2v) is 11.4. The van der Waals surface area contributed by atoms with Crippen LogP contribution in [0.3, 0.4) is 0 Å². The van der Waals surface area contributed by atoms with Crippen LogP contribution in [0.1, 0.15) is 60.5 Å². The zero-order chi connectivity index (χ0) is 26.4. The van der Waals surface area contributed by atoms with Crippen LogP contribution in [0.15, 0.2) is 27.5 Å². The predicted molar refractivity (Wildman–Crippen MR) is 130 cm³/mol. The number of aliphatic hydroxyl groups excluding tert-OH is 1. The Hall–Kier alpha value is -2.47. The molecule has 1 atom stereocenters. The first-order valence-corrected chi connectivity index (χ1v) is 14.0. The SMILES string of the molecule is Cc1nc2n(c(=O)c1CC[N+]1(COP(=O)(O)O)CCC(c3noc4cc(F)ccc34)CC1)CCCC2O. The first-order valence-electron chi connectivity index (χ1n) is 12.4. The summed E-state index contributed by atoms with van der Waals surface area (Å²) in [6, 6.07) is 4.32. The van der Waals surface area contributed by atoms with Crippen molar-refractivity contribution in [2.45, 2.75) is 57.6 Å². The number of aliphatic hydroxyl groups is 1. The average molecular weight is 538 g/mol. The Kier molecular flexibility index (Phi) is 7.08. The minimum absolute atomic E-state index is 0.0345. The standard InChI is InChI=1S/C24H30FN4O7P/c1-15-18(24(31)28-9-2-3-20(30)23(28)26-15)8-12-29(14-35-37(32,33)34)10-6-16(7-11-29)22-19-5-4-17(25)13-21(19)36-27-22/h4-5,13,16,20,30H,2-3,6-12,14H2,1H3,(H-,32,33,34)/p+1. The van der Waals surface area contributed by atoms with Gasteiger partial charge in [0, 0.05) is 54.4 Å². The van der Waals surface area contributed by atoms with Crippen LogP contribution in [-0.2, 0) is 22.1 Å². The van der Waals surface area contributed by atoms with Crippen LogP contribution >= 0.6 is 7.82 Å². The van der Waals surface area contributed by atoms with Crippen molar-refractivity contribution in [1.82, 2.24) is 14.7 Å². The maximum absolute atomic E-state index is 13.6. The molecule has 37 heavy (non-hydrogen) atoms. The summed E-state index contributed by atoms with van der Waals surface area (Å²) in [5.41, 5.74) is 2.05. The zero-order valence-electron chi connectivity index (χ0n) is 20.5. The number of aromatic nitrogens is 3. The van der Waals surface area contributed by atoms with Gasteiger partial charge in [0.25, 0.3) is 5.56 Å². The highest BCUT2D eigenvalue weighted by Gasteiger charge is 2.38. The molecular formula is C24H31FN4O7P+. The molecule has 2 aliphatic rings. The fourth-order valence-electron chi connectivity index (χ4n) is 5.63. The van der Waals surface area contributed by atoms with Crippen molar-refractivity contribution in [1.29, 1.82) is 0 Å². The summed E-state index contributed by atoms with van der Waals surface area (Å²) in [6.45, 7) is 3.57. The molecule has 3 N–H and O–H groups in total. The van der Waals surface area contributed by atoms with Crippen molar-refractivity contribution >= 4 is 18.8 Å². The van der Waals surface area contributed by atoms with Crippen LogP contribution in [0.5, 0.6) is 0 Å². The number of phosphoric acid groups is 1. The van der Waals surface area contributed by atoms with Gasteiger partial charge in [-0.2, -0.15) is 0 Å². The first-order chi connectivity index (χ1) is 17.6. The van der Waals surface area contributed by atoms with Crippen LogP contribution in [0, 0.1) is 12.7 Å². The average Bonchev–Trinajstić information content (AvgIpc) is 3.26. The summed E-state index contributed by atoms with van der Waals surface area (Å²) in [6.07, 6.45) is 2.16. The third-order valence-corrected chi connectivity index (χ3v) is 8.20. The molecule has 0 radical (unpaired) electrons. The largest absolute Gasteiger partial charge is 0.474 e. The van der Waals surface area contributed by atoms with Crippen LogP contribution in [0.4, 0.5) is 4.39 Å². The van der Waals surface area contributed by atoms with Crippen LogP contribution in [0.25, 0.3) is 11.0 Å². The highest BCUT2D eigenvalue weighted by atomic mass is 31.2. The highest BCUT2D eigenvalue weighted by molar-refractivity contribution is 7.46. The number of rotatable bonds is 7. The van der Waals surface area contributed by atoms with Crippen molar-refractivity contribution in [3.05, 3.63) is 57.1 Å². The fourth-order valence-corrected chi connectivity index (χ4v) is 6.03. The summed E-state index contributed by atoms with van der Waals surface area (Å²) in [5.74, 6) is 0.0283. The van der Waals surface area contributed by atoms with Gasteiger partial charge < -0.3 is 23.9 Å². The Balaban J connectivity index is 1.36. The molecule has 0 bridgehead atoms. The molecule has 0 aliphatic carbocycles. The molecule has 1 unspecified atom stereocenters. The Morgan fingerprint density at radius 3 is 2.76 bits per heavy atom. The minimum atomic E-state index is -4.70. The molecule has 11 nitrogen and oxygen atoms in total. The van der Waals surface area contributed by atoms with Gasteiger partial charge in [-0.05, 0) is 31.9 Å². The first kappa shape index (κ1) is 26.1. The quantitative estimate of drug-likeness (QED) is 0.306. The molecule has 2 aliphatic heterocycles.